The largest absolute Gasteiger partial charge is 0.333 e. The molecule has 0 aliphatic carbocycles. The Balaban J connectivity index is 2.17. The van der Waals surface area contributed by atoms with E-state index in [0.717, 1.165) is 5.56 Å². The summed E-state index contributed by atoms with van der Waals surface area (Å²) in [6.07, 6.45) is 5.09. The fraction of sp³-hybridized carbons (Fsp3) is 0.0556. The molecule has 1 aromatic heterocycles. The molecule has 0 aliphatic rings. The molecule has 0 N–H and O–H groups in total. The van der Waals surface area contributed by atoms with Crippen molar-refractivity contribution in [2.75, 3.05) is 0 Å². The van der Waals surface area contributed by atoms with Gasteiger partial charge in [-0.2, -0.15) is 0 Å². The van der Waals surface area contributed by atoms with Crippen LogP contribution >= 0.6 is 11.6 Å². The van der Waals surface area contributed by atoms with Crippen molar-refractivity contribution in [3.63, 3.8) is 0 Å². The molecule has 0 radical (unpaired) electrons. The molecule has 0 aliphatic heterocycles. The highest BCUT2D eigenvalue weighted by atomic mass is 35.5. The van der Waals surface area contributed by atoms with Crippen molar-refractivity contribution in [3.8, 4) is 0 Å². The van der Waals surface area contributed by atoms with E-state index >= 15 is 0 Å². The summed E-state index contributed by atoms with van der Waals surface area (Å²) in [5, 5.41) is 10.8. The Morgan fingerprint density at radius 3 is 2.44 bits per heavy atom. The zero-order valence-corrected chi connectivity index (χ0v) is 13.8. The monoisotopic (exact) mass is 355 g/mol. The predicted octanol–water partition coefficient (Wildman–Crippen LogP) is 4.31. The molecule has 6 nitrogen and oxygen atoms in total. The molecule has 0 atom stereocenters. The van der Waals surface area contributed by atoms with Crippen LogP contribution in [0.4, 0.5) is 0 Å². The number of rotatable bonds is 6. The smallest absolute Gasteiger partial charge is 0.299 e. The summed E-state index contributed by atoms with van der Waals surface area (Å²) in [5.74, 6) is 0.168. The number of allylic oxidation sites excluding steroid dienone is 1. The van der Waals surface area contributed by atoms with Gasteiger partial charge in [-0.05, 0) is 17.7 Å². The quantitative estimate of drug-likeness (QED) is 0.286. The molecular formula is C18H14ClN3O3. The summed E-state index contributed by atoms with van der Waals surface area (Å²) in [6, 6.07) is 16.1. The Morgan fingerprint density at radius 2 is 1.84 bits per heavy atom. The average molecular weight is 356 g/mol. The SMILES string of the molecule is O=[N+]([O-])OC(=C(Cn1ccnc1)c1ccccc1)c1ccc(Cl)cc1. The van der Waals surface area contributed by atoms with E-state index in [2.05, 4.69) is 4.98 Å². The zero-order chi connectivity index (χ0) is 17.6. The van der Waals surface area contributed by atoms with Crippen LogP contribution in [0, 0.1) is 10.1 Å². The van der Waals surface area contributed by atoms with E-state index in [4.69, 9.17) is 16.4 Å². The summed E-state index contributed by atoms with van der Waals surface area (Å²) in [4.78, 5) is 20.1. The summed E-state index contributed by atoms with van der Waals surface area (Å²) >= 11 is 5.93. The standard InChI is InChI=1S/C18H14ClN3O3/c19-16-8-6-15(7-9-16)18(25-22(23)24)17(12-21-11-10-20-13-21)14-4-2-1-3-5-14/h1-11,13H,12H2. The van der Waals surface area contributed by atoms with Crippen LogP contribution in [-0.2, 0) is 11.4 Å². The Labute approximate surface area is 149 Å². The van der Waals surface area contributed by atoms with Gasteiger partial charge in [-0.15, -0.1) is 10.1 Å². The summed E-state index contributed by atoms with van der Waals surface area (Å²) in [7, 11) is 0. The van der Waals surface area contributed by atoms with Gasteiger partial charge in [0.05, 0.1) is 12.9 Å². The van der Waals surface area contributed by atoms with E-state index in [9.17, 15) is 10.1 Å². The minimum Gasteiger partial charge on any atom is -0.333 e. The van der Waals surface area contributed by atoms with Gasteiger partial charge in [0.2, 0.25) is 0 Å². The van der Waals surface area contributed by atoms with Crippen LogP contribution < -0.4 is 0 Å². The lowest BCUT2D eigenvalue weighted by molar-refractivity contribution is -0.730. The van der Waals surface area contributed by atoms with Crippen molar-refractivity contribution in [1.82, 2.24) is 9.55 Å². The highest BCUT2D eigenvalue weighted by Crippen LogP contribution is 2.29. The Kier molecular flexibility index (Phi) is 5.11. The molecule has 1 heterocycles. The molecule has 3 aromatic rings. The van der Waals surface area contributed by atoms with Gasteiger partial charge >= 0.3 is 0 Å². The molecule has 0 saturated heterocycles. The first-order valence-corrected chi connectivity index (χ1v) is 7.84. The van der Waals surface area contributed by atoms with Gasteiger partial charge in [0.1, 0.15) is 5.76 Å². The highest BCUT2D eigenvalue weighted by molar-refractivity contribution is 6.30. The van der Waals surface area contributed by atoms with Gasteiger partial charge in [0, 0.05) is 28.6 Å². The molecule has 126 valence electrons. The number of aromatic nitrogens is 2. The minimum absolute atomic E-state index is 0.168. The first-order valence-electron chi connectivity index (χ1n) is 7.46. The van der Waals surface area contributed by atoms with Crippen molar-refractivity contribution >= 4 is 22.9 Å². The van der Waals surface area contributed by atoms with Gasteiger partial charge in [-0.1, -0.05) is 54.1 Å². The first kappa shape index (κ1) is 16.7. The second kappa shape index (κ2) is 7.63. The lowest BCUT2D eigenvalue weighted by Crippen LogP contribution is -2.07. The maximum Gasteiger partial charge on any atom is 0.299 e. The van der Waals surface area contributed by atoms with E-state index in [0.29, 0.717) is 22.7 Å². The third kappa shape index (κ3) is 4.24. The lowest BCUT2D eigenvalue weighted by atomic mass is 10.0. The summed E-state index contributed by atoms with van der Waals surface area (Å²) in [5.41, 5.74) is 2.06. The van der Waals surface area contributed by atoms with Crippen LogP contribution in [0.2, 0.25) is 5.02 Å². The van der Waals surface area contributed by atoms with Crippen LogP contribution in [0.25, 0.3) is 11.3 Å². The fourth-order valence-electron chi connectivity index (χ4n) is 2.45. The maximum absolute atomic E-state index is 11.1. The van der Waals surface area contributed by atoms with Crippen LogP contribution in [0.15, 0.2) is 73.3 Å². The molecule has 25 heavy (non-hydrogen) atoms. The molecule has 0 unspecified atom stereocenters. The molecule has 3 rings (SSSR count). The Bertz CT molecular complexity index is 876. The second-order valence-corrected chi connectivity index (χ2v) is 5.67. The molecule has 2 aromatic carbocycles. The zero-order valence-electron chi connectivity index (χ0n) is 13.1. The summed E-state index contributed by atoms with van der Waals surface area (Å²) < 4.78 is 1.82. The molecule has 7 heteroatoms. The van der Waals surface area contributed by atoms with Crippen LogP contribution in [0.5, 0.6) is 0 Å². The predicted molar refractivity (Wildman–Crippen MR) is 95.0 cm³/mol. The van der Waals surface area contributed by atoms with Crippen molar-refractivity contribution in [1.29, 1.82) is 0 Å². The van der Waals surface area contributed by atoms with Gasteiger partial charge < -0.3 is 4.57 Å². The average Bonchev–Trinajstić information content (AvgIpc) is 3.12. The maximum atomic E-state index is 11.1. The van der Waals surface area contributed by atoms with Crippen LogP contribution in [0.1, 0.15) is 11.1 Å². The summed E-state index contributed by atoms with van der Waals surface area (Å²) in [6.45, 7) is 0.371. The van der Waals surface area contributed by atoms with E-state index in [1.165, 1.54) is 0 Å². The number of benzene rings is 2. The van der Waals surface area contributed by atoms with E-state index in [1.54, 1.807) is 43.0 Å². The first-order chi connectivity index (χ1) is 12.1. The van der Waals surface area contributed by atoms with Crippen LogP contribution in [-0.4, -0.2) is 14.6 Å². The Hall–Kier alpha value is -3.12. The van der Waals surface area contributed by atoms with Crippen molar-refractivity contribution in [2.45, 2.75) is 6.54 Å². The number of halogens is 1. The van der Waals surface area contributed by atoms with Crippen molar-refractivity contribution < 1.29 is 9.92 Å². The highest BCUT2D eigenvalue weighted by Gasteiger charge is 2.16. The molecular weight excluding hydrogens is 342 g/mol. The van der Waals surface area contributed by atoms with Gasteiger partial charge in [0.25, 0.3) is 5.09 Å². The van der Waals surface area contributed by atoms with E-state index in [-0.39, 0.29) is 5.76 Å². The molecule has 0 bridgehead atoms. The second-order valence-electron chi connectivity index (χ2n) is 5.23. The normalized spacial score (nSPS) is 11.7. The molecule has 0 amide bonds. The number of hydrogen-bond acceptors (Lipinski definition) is 4. The topological polar surface area (TPSA) is 70.2 Å². The molecule has 0 fully saturated rings. The fourth-order valence-corrected chi connectivity index (χ4v) is 2.58. The number of hydrogen-bond donors (Lipinski definition) is 0. The Morgan fingerprint density at radius 1 is 1.12 bits per heavy atom. The van der Waals surface area contributed by atoms with Gasteiger partial charge in [0.15, 0.2) is 0 Å². The molecule has 0 spiro atoms. The lowest BCUT2D eigenvalue weighted by Gasteiger charge is -2.15. The number of nitrogens with zero attached hydrogens (tertiary/aromatic N) is 3. The third-order valence-corrected chi connectivity index (χ3v) is 3.82. The van der Waals surface area contributed by atoms with Crippen molar-refractivity contribution in [3.05, 3.63) is 99.6 Å². The van der Waals surface area contributed by atoms with E-state index in [1.807, 2.05) is 34.9 Å². The van der Waals surface area contributed by atoms with Crippen molar-refractivity contribution in [2.24, 2.45) is 0 Å². The third-order valence-electron chi connectivity index (χ3n) is 3.57. The minimum atomic E-state index is -0.805. The van der Waals surface area contributed by atoms with E-state index < -0.39 is 5.09 Å². The molecule has 0 saturated carbocycles. The van der Waals surface area contributed by atoms with Gasteiger partial charge in [-0.3, -0.25) is 4.84 Å². The van der Waals surface area contributed by atoms with Crippen LogP contribution in [0.3, 0.4) is 0 Å². The van der Waals surface area contributed by atoms with Gasteiger partial charge in [-0.25, -0.2) is 4.98 Å². The number of imidazole rings is 1.